The van der Waals surface area contributed by atoms with Crippen LogP contribution in [0.1, 0.15) is 33.1 Å². The van der Waals surface area contributed by atoms with Crippen molar-refractivity contribution < 1.29 is 27.8 Å². The fourth-order valence-electron chi connectivity index (χ4n) is 3.98. The van der Waals surface area contributed by atoms with Crippen molar-refractivity contribution in [3.63, 3.8) is 0 Å². The van der Waals surface area contributed by atoms with Crippen LogP contribution in [0.2, 0.25) is 0 Å². The van der Waals surface area contributed by atoms with Gasteiger partial charge in [-0.25, -0.2) is 13.2 Å². The molecule has 192 valence electrons. The molecule has 0 saturated heterocycles. The van der Waals surface area contributed by atoms with Gasteiger partial charge in [-0.15, -0.1) is 11.8 Å². The van der Waals surface area contributed by atoms with Gasteiger partial charge in [0.2, 0.25) is 10.0 Å². The summed E-state index contributed by atoms with van der Waals surface area (Å²) in [5.41, 5.74) is -0.0924. The summed E-state index contributed by atoms with van der Waals surface area (Å²) >= 11 is 1.41. The number of carboxylic acid groups (broad SMARTS) is 1. The minimum Gasteiger partial charge on any atom is -0.489 e. The zero-order chi connectivity index (χ0) is 25.8. The second kappa shape index (κ2) is 11.2. The number of sulfonamides is 1. The molecule has 0 saturated carbocycles. The Morgan fingerprint density at radius 3 is 2.51 bits per heavy atom. The molecule has 35 heavy (non-hydrogen) atoms. The van der Waals surface area contributed by atoms with E-state index in [9.17, 15) is 18.3 Å². The topological polar surface area (TPSA) is 96.4 Å². The highest BCUT2D eigenvalue weighted by Crippen LogP contribution is 2.43. The molecule has 8 nitrogen and oxygen atoms in total. The first-order chi connectivity index (χ1) is 16.6. The fourth-order valence-corrected chi connectivity index (χ4v) is 6.10. The standard InChI is InChI=1S/C25H34N2O6S2/c1-6-7-11-19-16-27(18-12-9-8-10-13-18)20-14-22(34-5)21(15-23(20)35(30,31)26(19)3)33-17-25(2,32-4)24(28)29/h8-10,12-15,19H,6-7,11,16-17H2,1-5H3,(H,28,29)/t19-,25-/m1/s1. The van der Waals surface area contributed by atoms with Crippen molar-refractivity contribution in [1.29, 1.82) is 0 Å². The lowest BCUT2D eigenvalue weighted by Crippen LogP contribution is -2.43. The number of carboxylic acids is 1. The Bertz CT molecular complexity index is 1140. The number of ether oxygens (including phenoxy) is 2. The van der Waals surface area contributed by atoms with E-state index >= 15 is 0 Å². The second-order valence-electron chi connectivity index (χ2n) is 8.76. The number of benzene rings is 2. The Balaban J connectivity index is 2.16. The van der Waals surface area contributed by atoms with E-state index in [-0.39, 0.29) is 17.5 Å². The van der Waals surface area contributed by atoms with Gasteiger partial charge in [-0.05, 0) is 37.8 Å². The molecule has 2 aromatic rings. The predicted octanol–water partition coefficient (Wildman–Crippen LogP) is 4.61. The van der Waals surface area contributed by atoms with Crippen LogP contribution in [0.3, 0.4) is 0 Å². The van der Waals surface area contributed by atoms with E-state index in [0.29, 0.717) is 22.9 Å². The third-order valence-electron chi connectivity index (χ3n) is 6.47. The largest absolute Gasteiger partial charge is 0.489 e. The van der Waals surface area contributed by atoms with Crippen LogP contribution in [0.15, 0.2) is 52.3 Å². The number of rotatable bonds is 10. The molecule has 0 bridgehead atoms. The number of likely N-dealkylation sites (N-methyl/N-ethyl adjacent to an activating group) is 1. The summed E-state index contributed by atoms with van der Waals surface area (Å²) in [6.07, 6.45) is 4.50. The molecular formula is C25H34N2O6S2. The highest BCUT2D eigenvalue weighted by molar-refractivity contribution is 7.98. The molecule has 1 N–H and O–H groups in total. The molecule has 2 atom stereocenters. The third-order valence-corrected chi connectivity index (χ3v) is 9.16. The van der Waals surface area contributed by atoms with Crippen LogP contribution in [0.25, 0.3) is 0 Å². The predicted molar refractivity (Wildman–Crippen MR) is 138 cm³/mol. The smallest absolute Gasteiger partial charge is 0.339 e. The van der Waals surface area contributed by atoms with Crippen molar-refractivity contribution in [2.45, 2.75) is 54.5 Å². The lowest BCUT2D eigenvalue weighted by Gasteiger charge is -2.29. The molecule has 0 aromatic heterocycles. The van der Waals surface area contributed by atoms with Gasteiger partial charge in [0.1, 0.15) is 17.3 Å². The highest BCUT2D eigenvalue weighted by atomic mass is 32.2. The third kappa shape index (κ3) is 5.61. The molecule has 1 aliphatic heterocycles. The summed E-state index contributed by atoms with van der Waals surface area (Å²) < 4.78 is 40.1. The van der Waals surface area contributed by atoms with Gasteiger partial charge in [-0.3, -0.25) is 0 Å². The summed E-state index contributed by atoms with van der Waals surface area (Å²) in [7, 11) is -0.915. The molecule has 0 fully saturated rings. The number of unbranched alkanes of at least 4 members (excludes halogenated alkanes) is 1. The minimum atomic E-state index is -3.85. The quantitative estimate of drug-likeness (QED) is 0.452. The number of nitrogens with zero attached hydrogens (tertiary/aromatic N) is 2. The number of hydrogen-bond acceptors (Lipinski definition) is 7. The number of thioether (sulfide) groups is 1. The summed E-state index contributed by atoms with van der Waals surface area (Å²) in [5.74, 6) is -0.861. The van der Waals surface area contributed by atoms with E-state index < -0.39 is 21.6 Å². The van der Waals surface area contributed by atoms with E-state index in [1.165, 1.54) is 36.2 Å². The molecular weight excluding hydrogens is 488 g/mol. The monoisotopic (exact) mass is 522 g/mol. The van der Waals surface area contributed by atoms with Crippen LogP contribution in [0.5, 0.6) is 5.75 Å². The number of aliphatic carboxylic acids is 1. The Hall–Kier alpha value is -2.27. The van der Waals surface area contributed by atoms with E-state index in [1.54, 1.807) is 7.05 Å². The number of carbonyl (C=O) groups is 1. The lowest BCUT2D eigenvalue weighted by molar-refractivity contribution is -0.163. The fraction of sp³-hybridized carbons (Fsp3) is 0.480. The minimum absolute atomic E-state index is 0.130. The van der Waals surface area contributed by atoms with Gasteiger partial charge in [-0.2, -0.15) is 4.31 Å². The van der Waals surface area contributed by atoms with Gasteiger partial charge >= 0.3 is 5.97 Å². The van der Waals surface area contributed by atoms with Crippen molar-refractivity contribution in [3.8, 4) is 5.75 Å². The number of anilines is 2. The summed E-state index contributed by atoms with van der Waals surface area (Å²) in [6.45, 7) is 3.75. The normalized spacial score (nSPS) is 19.5. The van der Waals surface area contributed by atoms with Crippen molar-refractivity contribution in [2.75, 3.05) is 38.5 Å². The SMILES string of the molecule is CCCC[C@@H]1CN(c2ccccc2)c2cc(SC)c(OC[C@@](C)(OC)C(=O)O)cc2S(=O)(=O)N1C. The molecule has 1 aliphatic rings. The Morgan fingerprint density at radius 2 is 1.94 bits per heavy atom. The maximum Gasteiger partial charge on any atom is 0.339 e. The lowest BCUT2D eigenvalue weighted by atomic mass is 10.1. The zero-order valence-electron chi connectivity index (χ0n) is 20.9. The van der Waals surface area contributed by atoms with Gasteiger partial charge in [0, 0.05) is 38.5 Å². The molecule has 1 heterocycles. The van der Waals surface area contributed by atoms with Crippen LogP contribution in [0.4, 0.5) is 11.4 Å². The molecule has 0 spiro atoms. The first kappa shape index (κ1) is 27.3. The highest BCUT2D eigenvalue weighted by Gasteiger charge is 2.38. The van der Waals surface area contributed by atoms with E-state index in [2.05, 4.69) is 11.8 Å². The Labute approximate surface area is 212 Å². The van der Waals surface area contributed by atoms with Crippen LogP contribution in [-0.2, 0) is 19.6 Å². The van der Waals surface area contributed by atoms with Crippen molar-refractivity contribution in [3.05, 3.63) is 42.5 Å². The summed E-state index contributed by atoms with van der Waals surface area (Å²) in [6, 6.07) is 12.9. The number of para-hydroxylation sites is 1. The molecule has 0 unspecified atom stereocenters. The molecule has 3 rings (SSSR count). The van der Waals surface area contributed by atoms with E-state index in [4.69, 9.17) is 9.47 Å². The van der Waals surface area contributed by atoms with Crippen molar-refractivity contribution in [2.24, 2.45) is 0 Å². The second-order valence-corrected chi connectivity index (χ2v) is 11.6. The zero-order valence-corrected chi connectivity index (χ0v) is 22.5. The average molecular weight is 523 g/mol. The van der Waals surface area contributed by atoms with Crippen LogP contribution in [-0.4, -0.2) is 69.0 Å². The van der Waals surface area contributed by atoms with E-state index in [0.717, 1.165) is 24.9 Å². The molecule has 0 radical (unpaired) electrons. The van der Waals surface area contributed by atoms with Gasteiger partial charge in [0.25, 0.3) is 0 Å². The number of hydrogen-bond donors (Lipinski definition) is 1. The summed E-state index contributed by atoms with van der Waals surface area (Å²) in [4.78, 5) is 14.5. The van der Waals surface area contributed by atoms with Gasteiger partial charge in [-0.1, -0.05) is 38.0 Å². The first-order valence-corrected chi connectivity index (χ1v) is 14.2. The van der Waals surface area contributed by atoms with Crippen LogP contribution < -0.4 is 9.64 Å². The summed E-state index contributed by atoms with van der Waals surface area (Å²) in [5, 5.41) is 9.53. The molecule has 2 aromatic carbocycles. The van der Waals surface area contributed by atoms with Gasteiger partial charge < -0.3 is 19.5 Å². The number of fused-ring (bicyclic) bond motifs is 1. The number of methoxy groups -OCH3 is 1. The van der Waals surface area contributed by atoms with Crippen molar-refractivity contribution >= 4 is 39.1 Å². The van der Waals surface area contributed by atoms with Crippen molar-refractivity contribution in [1.82, 2.24) is 4.31 Å². The van der Waals surface area contributed by atoms with Gasteiger partial charge in [0.15, 0.2) is 5.60 Å². The average Bonchev–Trinajstić information content (AvgIpc) is 2.94. The van der Waals surface area contributed by atoms with Crippen LogP contribution >= 0.6 is 11.8 Å². The Morgan fingerprint density at radius 1 is 1.26 bits per heavy atom. The first-order valence-electron chi connectivity index (χ1n) is 11.5. The molecule has 0 aliphatic carbocycles. The molecule has 0 amide bonds. The van der Waals surface area contributed by atoms with Gasteiger partial charge in [0.05, 0.1) is 10.6 Å². The maximum atomic E-state index is 13.8. The molecule has 10 heteroatoms. The van der Waals surface area contributed by atoms with Crippen LogP contribution in [0, 0.1) is 0 Å². The Kier molecular flexibility index (Phi) is 8.74. The maximum absolute atomic E-state index is 13.8. The van der Waals surface area contributed by atoms with E-state index in [1.807, 2.05) is 42.7 Å².